The van der Waals surface area contributed by atoms with Crippen LogP contribution < -0.4 is 10.1 Å². The Labute approximate surface area is 139 Å². The van der Waals surface area contributed by atoms with Crippen molar-refractivity contribution in [1.82, 2.24) is 14.8 Å². The first-order chi connectivity index (χ1) is 11.8. The van der Waals surface area contributed by atoms with E-state index in [2.05, 4.69) is 22.0 Å². The lowest BCUT2D eigenvalue weighted by atomic mass is 9.85. The number of allylic oxidation sites excluding steroid dienone is 2. The van der Waals surface area contributed by atoms with Crippen LogP contribution in [0.5, 0.6) is 5.75 Å². The number of carbonyl (C=O) groups is 1. The summed E-state index contributed by atoms with van der Waals surface area (Å²) in [5.74, 6) is 1.64. The van der Waals surface area contributed by atoms with Gasteiger partial charge in [0.25, 0.3) is 0 Å². The Bertz CT molecular complexity index is 820. The number of rotatable bonds is 4. The van der Waals surface area contributed by atoms with Gasteiger partial charge in [0.2, 0.25) is 5.95 Å². The number of carbonyl (C=O) groups excluding carboxylic acids is 1. The molecule has 1 aliphatic carbocycles. The maximum atomic E-state index is 12.6. The second-order valence-electron chi connectivity index (χ2n) is 5.89. The van der Waals surface area contributed by atoms with Gasteiger partial charge in [-0.15, -0.1) is 0 Å². The molecule has 2 aliphatic rings. The summed E-state index contributed by atoms with van der Waals surface area (Å²) in [7, 11) is 0. The fourth-order valence-electron chi connectivity index (χ4n) is 3.31. The summed E-state index contributed by atoms with van der Waals surface area (Å²) in [6.45, 7) is 4.11. The van der Waals surface area contributed by atoms with E-state index in [4.69, 9.17) is 4.74 Å². The predicted octanol–water partition coefficient (Wildman–Crippen LogP) is 2.86. The van der Waals surface area contributed by atoms with Crippen LogP contribution in [0.15, 0.2) is 54.5 Å². The highest BCUT2D eigenvalue weighted by Crippen LogP contribution is 2.39. The molecule has 1 atom stereocenters. The molecular weight excluding hydrogens is 304 g/mol. The molecule has 1 aromatic heterocycles. The van der Waals surface area contributed by atoms with Crippen LogP contribution in [-0.2, 0) is 4.79 Å². The summed E-state index contributed by atoms with van der Waals surface area (Å²) in [6, 6.07) is 7.54. The molecule has 0 saturated carbocycles. The fraction of sp³-hybridized carbons (Fsp3) is 0.278. The predicted molar refractivity (Wildman–Crippen MR) is 89.8 cm³/mol. The van der Waals surface area contributed by atoms with Crippen LogP contribution >= 0.6 is 0 Å². The number of hydrogen-bond acceptors (Lipinski definition) is 5. The Balaban J connectivity index is 1.75. The minimum absolute atomic E-state index is 0.182. The first-order valence-electron chi connectivity index (χ1n) is 8.04. The Kier molecular flexibility index (Phi) is 3.65. The molecule has 6 nitrogen and oxygen atoms in total. The molecule has 4 rings (SSSR count). The number of nitrogens with zero attached hydrogens (tertiary/aromatic N) is 3. The molecule has 122 valence electrons. The van der Waals surface area contributed by atoms with Gasteiger partial charge in [0, 0.05) is 17.7 Å². The van der Waals surface area contributed by atoms with E-state index in [1.54, 1.807) is 10.8 Å². The standard InChI is InChI=1S/C18H18N4O2/c1-2-10-24-13-8-6-12(7-9-13)17-16-14(4-3-5-15(16)23)21-18-19-11-20-22(17)18/h2,6-9,11,17H,1,3-5,10H2,(H,19,20,21)/t17-/m0/s1. The van der Waals surface area contributed by atoms with Crippen molar-refractivity contribution >= 4 is 11.7 Å². The van der Waals surface area contributed by atoms with E-state index in [9.17, 15) is 4.79 Å². The van der Waals surface area contributed by atoms with Crippen LogP contribution in [0.1, 0.15) is 30.9 Å². The lowest BCUT2D eigenvalue weighted by Crippen LogP contribution is -2.31. The van der Waals surface area contributed by atoms with Crippen molar-refractivity contribution in [2.45, 2.75) is 25.3 Å². The summed E-state index contributed by atoms with van der Waals surface area (Å²) in [5.41, 5.74) is 2.78. The first-order valence-corrected chi connectivity index (χ1v) is 8.04. The molecule has 2 heterocycles. The molecular formula is C18H18N4O2. The van der Waals surface area contributed by atoms with Gasteiger partial charge < -0.3 is 10.1 Å². The lowest BCUT2D eigenvalue weighted by Gasteiger charge is -2.32. The van der Waals surface area contributed by atoms with Crippen molar-refractivity contribution in [2.75, 3.05) is 11.9 Å². The molecule has 0 radical (unpaired) electrons. The van der Waals surface area contributed by atoms with E-state index < -0.39 is 0 Å². The van der Waals surface area contributed by atoms with Gasteiger partial charge in [0.05, 0.1) is 0 Å². The van der Waals surface area contributed by atoms with Gasteiger partial charge in [-0.25, -0.2) is 4.68 Å². The fourth-order valence-corrected chi connectivity index (χ4v) is 3.31. The number of ether oxygens (including phenoxy) is 1. The molecule has 1 aromatic carbocycles. The number of Topliss-reactive ketones (excluding diaryl/α,β-unsaturated/α-hetero) is 1. The molecule has 0 spiro atoms. The molecule has 6 heteroatoms. The minimum Gasteiger partial charge on any atom is -0.490 e. The molecule has 0 bridgehead atoms. The van der Waals surface area contributed by atoms with Crippen LogP contribution in [0, 0.1) is 0 Å². The Morgan fingerprint density at radius 2 is 2.17 bits per heavy atom. The van der Waals surface area contributed by atoms with Crippen molar-refractivity contribution in [1.29, 1.82) is 0 Å². The van der Waals surface area contributed by atoms with Gasteiger partial charge in [0.15, 0.2) is 5.78 Å². The smallest absolute Gasteiger partial charge is 0.226 e. The first kappa shape index (κ1) is 14.7. The third-order valence-electron chi connectivity index (χ3n) is 4.37. The van der Waals surface area contributed by atoms with Crippen molar-refractivity contribution in [3.8, 4) is 5.75 Å². The molecule has 1 N–H and O–H groups in total. The van der Waals surface area contributed by atoms with Crippen LogP contribution in [0.25, 0.3) is 0 Å². The van der Waals surface area contributed by atoms with Gasteiger partial charge in [-0.2, -0.15) is 10.1 Å². The Morgan fingerprint density at radius 3 is 2.96 bits per heavy atom. The molecule has 1 aliphatic heterocycles. The average molecular weight is 322 g/mol. The monoisotopic (exact) mass is 322 g/mol. The zero-order valence-corrected chi connectivity index (χ0v) is 13.2. The van der Waals surface area contributed by atoms with Crippen molar-refractivity contribution in [3.05, 3.63) is 60.1 Å². The molecule has 0 unspecified atom stereocenters. The van der Waals surface area contributed by atoms with Crippen LogP contribution in [-0.4, -0.2) is 27.2 Å². The van der Waals surface area contributed by atoms with E-state index in [1.807, 2.05) is 24.3 Å². The third kappa shape index (κ3) is 2.40. The van der Waals surface area contributed by atoms with Crippen LogP contribution in [0.4, 0.5) is 5.95 Å². The maximum absolute atomic E-state index is 12.6. The molecule has 0 amide bonds. The largest absolute Gasteiger partial charge is 0.490 e. The summed E-state index contributed by atoms with van der Waals surface area (Å²) in [4.78, 5) is 16.8. The van der Waals surface area contributed by atoms with Crippen molar-refractivity contribution < 1.29 is 9.53 Å². The van der Waals surface area contributed by atoms with Crippen molar-refractivity contribution in [2.24, 2.45) is 0 Å². The maximum Gasteiger partial charge on any atom is 0.226 e. The van der Waals surface area contributed by atoms with E-state index in [-0.39, 0.29) is 11.8 Å². The van der Waals surface area contributed by atoms with Gasteiger partial charge in [-0.1, -0.05) is 24.8 Å². The van der Waals surface area contributed by atoms with E-state index >= 15 is 0 Å². The summed E-state index contributed by atoms with van der Waals surface area (Å²) < 4.78 is 7.32. The summed E-state index contributed by atoms with van der Waals surface area (Å²) >= 11 is 0. The van der Waals surface area contributed by atoms with Crippen LogP contribution in [0.3, 0.4) is 0 Å². The number of fused-ring (bicyclic) bond motifs is 1. The molecule has 0 saturated heterocycles. The highest BCUT2D eigenvalue weighted by molar-refractivity contribution is 5.99. The number of anilines is 1. The average Bonchev–Trinajstić information content (AvgIpc) is 3.07. The Hall–Kier alpha value is -2.89. The topological polar surface area (TPSA) is 69.0 Å². The number of hydrogen-bond donors (Lipinski definition) is 1. The molecule has 0 fully saturated rings. The number of ketones is 1. The second-order valence-corrected chi connectivity index (χ2v) is 5.89. The quantitative estimate of drug-likeness (QED) is 0.877. The zero-order chi connectivity index (χ0) is 16.5. The Morgan fingerprint density at radius 1 is 1.33 bits per heavy atom. The van der Waals surface area contributed by atoms with Gasteiger partial charge >= 0.3 is 0 Å². The highest BCUT2D eigenvalue weighted by Gasteiger charge is 2.35. The lowest BCUT2D eigenvalue weighted by molar-refractivity contribution is -0.116. The number of aromatic nitrogens is 3. The SMILES string of the molecule is C=CCOc1ccc([C@H]2C3=C(CCCC3=O)Nc3ncnn32)cc1. The van der Waals surface area contributed by atoms with Crippen LogP contribution in [0.2, 0.25) is 0 Å². The summed E-state index contributed by atoms with van der Waals surface area (Å²) in [5, 5.41) is 7.58. The molecule has 2 aromatic rings. The number of benzene rings is 1. The second kappa shape index (κ2) is 5.96. The van der Waals surface area contributed by atoms with E-state index in [0.717, 1.165) is 35.4 Å². The van der Waals surface area contributed by atoms with E-state index in [1.165, 1.54) is 6.33 Å². The van der Waals surface area contributed by atoms with Gasteiger partial charge in [-0.3, -0.25) is 4.79 Å². The highest BCUT2D eigenvalue weighted by atomic mass is 16.5. The summed E-state index contributed by atoms with van der Waals surface area (Å²) in [6.07, 6.45) is 5.55. The number of nitrogens with one attached hydrogen (secondary N) is 1. The van der Waals surface area contributed by atoms with Gasteiger partial charge in [0.1, 0.15) is 24.7 Å². The normalized spacial score (nSPS) is 19.3. The zero-order valence-electron chi connectivity index (χ0n) is 13.2. The van der Waals surface area contributed by atoms with Gasteiger partial charge in [-0.05, 0) is 30.5 Å². The minimum atomic E-state index is -0.236. The third-order valence-corrected chi connectivity index (χ3v) is 4.37. The van der Waals surface area contributed by atoms with Crippen molar-refractivity contribution in [3.63, 3.8) is 0 Å². The molecule has 24 heavy (non-hydrogen) atoms. The van der Waals surface area contributed by atoms with E-state index in [0.29, 0.717) is 19.0 Å².